The minimum absolute atomic E-state index is 0.0276. The van der Waals surface area contributed by atoms with Crippen molar-refractivity contribution < 1.29 is 14.3 Å². The Kier molecular flexibility index (Phi) is 4.75. The van der Waals surface area contributed by atoms with Gasteiger partial charge in [-0.2, -0.15) is 0 Å². The van der Waals surface area contributed by atoms with E-state index in [9.17, 15) is 9.59 Å². The SMILES string of the molecule is COC(=O)c1ncccc1C(=O)N(C)Cc1cccc2ccccc12. The van der Waals surface area contributed by atoms with E-state index < -0.39 is 5.97 Å². The second-order valence-electron chi connectivity index (χ2n) is 5.69. The maximum absolute atomic E-state index is 12.8. The second-order valence-corrected chi connectivity index (χ2v) is 5.69. The van der Waals surface area contributed by atoms with Crippen LogP contribution in [0.5, 0.6) is 0 Å². The number of benzene rings is 2. The Balaban J connectivity index is 1.90. The third-order valence-corrected chi connectivity index (χ3v) is 4.05. The number of amides is 1. The maximum Gasteiger partial charge on any atom is 0.357 e. The van der Waals surface area contributed by atoms with Crippen LogP contribution >= 0.6 is 0 Å². The van der Waals surface area contributed by atoms with E-state index in [-0.39, 0.29) is 17.2 Å². The number of carbonyl (C=O) groups excluding carboxylic acids is 2. The van der Waals surface area contributed by atoms with Crippen molar-refractivity contribution in [3.8, 4) is 0 Å². The Morgan fingerprint density at radius 2 is 1.80 bits per heavy atom. The summed E-state index contributed by atoms with van der Waals surface area (Å²) in [5.41, 5.74) is 1.30. The van der Waals surface area contributed by atoms with Gasteiger partial charge in [0.05, 0.1) is 12.7 Å². The lowest BCUT2D eigenvalue weighted by molar-refractivity contribution is 0.0584. The third kappa shape index (κ3) is 3.35. The number of esters is 1. The number of rotatable bonds is 4. The molecular weight excluding hydrogens is 316 g/mol. The van der Waals surface area contributed by atoms with Gasteiger partial charge >= 0.3 is 5.97 Å². The van der Waals surface area contributed by atoms with Crippen molar-refractivity contribution in [2.75, 3.05) is 14.2 Å². The van der Waals surface area contributed by atoms with Crippen molar-refractivity contribution in [1.82, 2.24) is 9.88 Å². The minimum atomic E-state index is -0.623. The van der Waals surface area contributed by atoms with Gasteiger partial charge in [0.25, 0.3) is 5.91 Å². The summed E-state index contributed by atoms with van der Waals surface area (Å²) in [4.78, 5) is 30.2. The van der Waals surface area contributed by atoms with Gasteiger partial charge in [0.15, 0.2) is 5.69 Å². The molecule has 0 bridgehead atoms. The number of carbonyl (C=O) groups is 2. The first kappa shape index (κ1) is 16.6. The number of hydrogen-bond acceptors (Lipinski definition) is 4. The van der Waals surface area contributed by atoms with Gasteiger partial charge in [-0.1, -0.05) is 42.5 Å². The molecule has 0 aliphatic carbocycles. The lowest BCUT2D eigenvalue weighted by atomic mass is 10.0. The van der Waals surface area contributed by atoms with Crippen LogP contribution in [0.25, 0.3) is 10.8 Å². The van der Waals surface area contributed by atoms with Gasteiger partial charge in [0.1, 0.15) is 0 Å². The molecule has 3 aromatic rings. The zero-order chi connectivity index (χ0) is 17.8. The summed E-state index contributed by atoms with van der Waals surface area (Å²) in [6.45, 7) is 0.426. The van der Waals surface area contributed by atoms with E-state index in [2.05, 4.69) is 4.98 Å². The predicted octanol–water partition coefficient (Wildman–Crippen LogP) is 3.29. The molecule has 0 saturated heterocycles. The maximum atomic E-state index is 12.8. The number of fused-ring (bicyclic) bond motifs is 1. The Hall–Kier alpha value is -3.21. The quantitative estimate of drug-likeness (QED) is 0.687. The fourth-order valence-electron chi connectivity index (χ4n) is 2.80. The summed E-state index contributed by atoms with van der Waals surface area (Å²) < 4.78 is 4.71. The molecule has 0 aliphatic heterocycles. The highest BCUT2D eigenvalue weighted by atomic mass is 16.5. The predicted molar refractivity (Wildman–Crippen MR) is 95.3 cm³/mol. The van der Waals surface area contributed by atoms with Crippen LogP contribution in [0.3, 0.4) is 0 Å². The van der Waals surface area contributed by atoms with Crippen molar-refractivity contribution in [2.24, 2.45) is 0 Å². The molecule has 0 spiro atoms. The molecule has 0 N–H and O–H groups in total. The zero-order valence-electron chi connectivity index (χ0n) is 14.1. The van der Waals surface area contributed by atoms with Crippen molar-refractivity contribution in [3.05, 3.63) is 77.6 Å². The highest BCUT2D eigenvalue weighted by Crippen LogP contribution is 2.20. The molecule has 3 rings (SSSR count). The number of hydrogen-bond donors (Lipinski definition) is 0. The molecule has 0 atom stereocenters. The number of nitrogens with zero attached hydrogens (tertiary/aromatic N) is 2. The van der Waals surface area contributed by atoms with E-state index in [1.165, 1.54) is 13.3 Å². The highest BCUT2D eigenvalue weighted by molar-refractivity contribution is 6.04. The first-order valence-corrected chi connectivity index (χ1v) is 7.87. The van der Waals surface area contributed by atoms with Crippen molar-refractivity contribution in [3.63, 3.8) is 0 Å². The van der Waals surface area contributed by atoms with Gasteiger partial charge in [0.2, 0.25) is 0 Å². The molecule has 0 unspecified atom stereocenters. The fraction of sp³-hybridized carbons (Fsp3) is 0.150. The van der Waals surface area contributed by atoms with Crippen LogP contribution in [-0.2, 0) is 11.3 Å². The molecule has 1 heterocycles. The smallest absolute Gasteiger partial charge is 0.357 e. The Labute approximate surface area is 145 Å². The molecule has 0 fully saturated rings. The number of pyridine rings is 1. The number of ether oxygens (including phenoxy) is 1. The minimum Gasteiger partial charge on any atom is -0.464 e. The molecule has 5 nitrogen and oxygen atoms in total. The number of aromatic nitrogens is 1. The molecule has 1 aromatic heterocycles. The summed E-state index contributed by atoms with van der Waals surface area (Å²) in [5, 5.41) is 2.22. The molecule has 25 heavy (non-hydrogen) atoms. The van der Waals surface area contributed by atoms with Gasteiger partial charge in [-0.15, -0.1) is 0 Å². The van der Waals surface area contributed by atoms with Crippen LogP contribution in [0.15, 0.2) is 60.8 Å². The Morgan fingerprint density at radius 1 is 1.04 bits per heavy atom. The van der Waals surface area contributed by atoms with Crippen molar-refractivity contribution >= 4 is 22.6 Å². The van der Waals surface area contributed by atoms with Crippen molar-refractivity contribution in [1.29, 1.82) is 0 Å². The first-order chi connectivity index (χ1) is 12.1. The molecule has 0 saturated carbocycles. The normalized spacial score (nSPS) is 10.5. The van der Waals surface area contributed by atoms with Crippen LogP contribution in [-0.4, -0.2) is 35.9 Å². The average Bonchev–Trinajstić information content (AvgIpc) is 2.67. The van der Waals surface area contributed by atoms with Gasteiger partial charge in [0, 0.05) is 19.8 Å². The molecular formula is C20H18N2O3. The standard InChI is InChI=1S/C20H18N2O3/c1-22(13-15-9-5-8-14-7-3-4-10-16(14)15)19(23)17-11-6-12-21-18(17)20(24)25-2/h3-12H,13H2,1-2H3. The lowest BCUT2D eigenvalue weighted by Gasteiger charge is -2.19. The molecule has 126 valence electrons. The summed E-state index contributed by atoms with van der Waals surface area (Å²) >= 11 is 0. The number of methoxy groups -OCH3 is 1. The van der Waals surface area contributed by atoms with Gasteiger partial charge in [-0.05, 0) is 28.5 Å². The summed E-state index contributed by atoms with van der Waals surface area (Å²) in [5.74, 6) is -0.899. The van der Waals surface area contributed by atoms with E-state index in [0.717, 1.165) is 16.3 Å². The Bertz CT molecular complexity index is 932. The van der Waals surface area contributed by atoms with E-state index in [0.29, 0.717) is 6.54 Å². The van der Waals surface area contributed by atoms with E-state index in [1.807, 2.05) is 42.5 Å². The van der Waals surface area contributed by atoms with Crippen LogP contribution in [0.2, 0.25) is 0 Å². The van der Waals surface area contributed by atoms with Crippen LogP contribution in [0, 0.1) is 0 Å². The van der Waals surface area contributed by atoms with E-state index in [4.69, 9.17) is 4.74 Å². The molecule has 2 aromatic carbocycles. The van der Waals surface area contributed by atoms with Gasteiger partial charge in [-0.3, -0.25) is 4.79 Å². The summed E-state index contributed by atoms with van der Waals surface area (Å²) in [6.07, 6.45) is 1.47. The monoisotopic (exact) mass is 334 g/mol. The highest BCUT2D eigenvalue weighted by Gasteiger charge is 2.21. The molecule has 0 radical (unpaired) electrons. The van der Waals surface area contributed by atoms with E-state index >= 15 is 0 Å². The Morgan fingerprint density at radius 3 is 2.60 bits per heavy atom. The fourth-order valence-corrected chi connectivity index (χ4v) is 2.80. The lowest BCUT2D eigenvalue weighted by Crippen LogP contribution is -2.28. The third-order valence-electron chi connectivity index (χ3n) is 4.05. The zero-order valence-corrected chi connectivity index (χ0v) is 14.1. The first-order valence-electron chi connectivity index (χ1n) is 7.87. The van der Waals surface area contributed by atoms with Crippen LogP contribution in [0.4, 0.5) is 0 Å². The van der Waals surface area contributed by atoms with Crippen LogP contribution < -0.4 is 0 Å². The van der Waals surface area contributed by atoms with Gasteiger partial charge in [-0.25, -0.2) is 9.78 Å². The largest absolute Gasteiger partial charge is 0.464 e. The molecule has 5 heteroatoms. The summed E-state index contributed by atoms with van der Waals surface area (Å²) in [7, 11) is 2.98. The summed E-state index contributed by atoms with van der Waals surface area (Å²) in [6, 6.07) is 17.3. The molecule has 0 aliphatic rings. The average molecular weight is 334 g/mol. The topological polar surface area (TPSA) is 59.5 Å². The van der Waals surface area contributed by atoms with Crippen molar-refractivity contribution in [2.45, 2.75) is 6.54 Å². The van der Waals surface area contributed by atoms with Crippen LogP contribution in [0.1, 0.15) is 26.4 Å². The van der Waals surface area contributed by atoms with E-state index in [1.54, 1.807) is 24.1 Å². The second kappa shape index (κ2) is 7.13. The molecule has 1 amide bonds. The van der Waals surface area contributed by atoms with Gasteiger partial charge < -0.3 is 9.64 Å².